The first-order chi connectivity index (χ1) is 8.76. The quantitative estimate of drug-likeness (QED) is 0.804. The van der Waals surface area contributed by atoms with Gasteiger partial charge < -0.3 is 14.2 Å². The first kappa shape index (κ1) is 12.0. The molecule has 1 aromatic rings. The molecule has 0 amide bonds. The Morgan fingerprint density at radius 2 is 1.94 bits per heavy atom. The summed E-state index contributed by atoms with van der Waals surface area (Å²) >= 11 is 0. The monoisotopic (exact) mass is 248 g/mol. The molecule has 1 heterocycles. The van der Waals surface area contributed by atoms with Crippen LogP contribution >= 0.6 is 0 Å². The molecule has 4 atom stereocenters. The molecule has 1 aliphatic heterocycles. The Labute approximate surface area is 108 Å². The van der Waals surface area contributed by atoms with E-state index in [0.717, 1.165) is 23.8 Å². The molecular formula is C15H20O3. The molecule has 1 saturated carbocycles. The van der Waals surface area contributed by atoms with Crippen LogP contribution in [0.4, 0.5) is 0 Å². The van der Waals surface area contributed by atoms with E-state index in [1.165, 1.54) is 12.8 Å². The molecule has 1 unspecified atom stereocenters. The van der Waals surface area contributed by atoms with E-state index in [9.17, 15) is 0 Å². The van der Waals surface area contributed by atoms with Gasteiger partial charge in [0, 0.05) is 11.5 Å². The van der Waals surface area contributed by atoms with Gasteiger partial charge in [-0.15, -0.1) is 0 Å². The van der Waals surface area contributed by atoms with Crippen LogP contribution in [0.1, 0.15) is 31.6 Å². The molecule has 98 valence electrons. The van der Waals surface area contributed by atoms with Crippen LogP contribution in [0, 0.1) is 11.8 Å². The number of hydrogen-bond donors (Lipinski definition) is 0. The lowest BCUT2D eigenvalue weighted by molar-refractivity contribution is -0.233. The summed E-state index contributed by atoms with van der Waals surface area (Å²) in [5, 5.41) is 0. The van der Waals surface area contributed by atoms with Gasteiger partial charge in [-0.25, -0.2) is 0 Å². The van der Waals surface area contributed by atoms with E-state index in [4.69, 9.17) is 14.2 Å². The number of methoxy groups -OCH3 is 1. The van der Waals surface area contributed by atoms with Gasteiger partial charge in [0.2, 0.25) is 0 Å². The molecule has 1 saturated heterocycles. The molecule has 0 aromatic heterocycles. The number of hydrogen-bond acceptors (Lipinski definition) is 3. The first-order valence-corrected chi connectivity index (χ1v) is 6.67. The fourth-order valence-electron chi connectivity index (χ4n) is 3.04. The fraction of sp³-hybridized carbons (Fsp3) is 0.600. The Morgan fingerprint density at radius 3 is 2.67 bits per heavy atom. The average Bonchev–Trinajstić information content (AvgIpc) is 2.78. The van der Waals surface area contributed by atoms with Crippen LogP contribution in [0.2, 0.25) is 0 Å². The third-order valence-corrected chi connectivity index (χ3v) is 4.01. The molecule has 1 aromatic carbocycles. The highest BCUT2D eigenvalue weighted by molar-refractivity contribution is 5.28. The lowest BCUT2D eigenvalue weighted by Crippen LogP contribution is -2.32. The minimum Gasteiger partial charge on any atom is -0.497 e. The van der Waals surface area contributed by atoms with Gasteiger partial charge in [-0.3, -0.25) is 0 Å². The highest BCUT2D eigenvalue weighted by Gasteiger charge is 2.38. The van der Waals surface area contributed by atoms with E-state index in [1.807, 2.05) is 24.3 Å². The summed E-state index contributed by atoms with van der Waals surface area (Å²) in [5.74, 6) is 2.22. The summed E-state index contributed by atoms with van der Waals surface area (Å²) in [4.78, 5) is 0. The predicted octanol–water partition coefficient (Wildman–Crippen LogP) is 3.16. The summed E-state index contributed by atoms with van der Waals surface area (Å²) in [7, 11) is 1.67. The SMILES string of the molecule is COc1ccc(C2OC[C@@H]3C[C@@H](C)C[C@@H]3O2)cc1. The van der Waals surface area contributed by atoms with Crippen LogP contribution in [0.3, 0.4) is 0 Å². The number of fused-ring (bicyclic) bond motifs is 1. The zero-order chi connectivity index (χ0) is 12.5. The maximum absolute atomic E-state index is 6.08. The number of benzene rings is 1. The maximum atomic E-state index is 6.08. The zero-order valence-electron chi connectivity index (χ0n) is 11.0. The zero-order valence-corrected chi connectivity index (χ0v) is 11.0. The van der Waals surface area contributed by atoms with E-state index in [0.29, 0.717) is 12.0 Å². The molecule has 3 heteroatoms. The van der Waals surface area contributed by atoms with Crippen LogP contribution < -0.4 is 4.74 Å². The molecule has 0 radical (unpaired) electrons. The average molecular weight is 248 g/mol. The number of ether oxygens (including phenoxy) is 3. The van der Waals surface area contributed by atoms with E-state index >= 15 is 0 Å². The largest absolute Gasteiger partial charge is 0.497 e. The van der Waals surface area contributed by atoms with Crippen LogP contribution in [0.5, 0.6) is 5.75 Å². The van der Waals surface area contributed by atoms with Crippen LogP contribution in [0.15, 0.2) is 24.3 Å². The Balaban J connectivity index is 1.70. The van der Waals surface area contributed by atoms with E-state index in [2.05, 4.69) is 6.92 Å². The van der Waals surface area contributed by atoms with Crippen molar-refractivity contribution in [1.82, 2.24) is 0 Å². The second-order valence-corrected chi connectivity index (χ2v) is 5.45. The van der Waals surface area contributed by atoms with Crippen molar-refractivity contribution in [2.24, 2.45) is 11.8 Å². The van der Waals surface area contributed by atoms with Crippen molar-refractivity contribution in [2.75, 3.05) is 13.7 Å². The smallest absolute Gasteiger partial charge is 0.184 e. The Bertz CT molecular complexity index is 401. The molecule has 2 fully saturated rings. The molecule has 2 aliphatic rings. The van der Waals surface area contributed by atoms with E-state index < -0.39 is 0 Å². The van der Waals surface area contributed by atoms with Crippen molar-refractivity contribution < 1.29 is 14.2 Å². The van der Waals surface area contributed by atoms with Gasteiger partial charge in [-0.2, -0.15) is 0 Å². The van der Waals surface area contributed by atoms with Crippen LogP contribution in [-0.4, -0.2) is 19.8 Å². The lowest BCUT2D eigenvalue weighted by Gasteiger charge is -2.32. The third kappa shape index (κ3) is 2.25. The van der Waals surface area contributed by atoms with Crippen molar-refractivity contribution in [1.29, 1.82) is 0 Å². The summed E-state index contributed by atoms with van der Waals surface area (Å²) in [6.45, 7) is 3.12. The van der Waals surface area contributed by atoms with Crippen molar-refractivity contribution in [3.63, 3.8) is 0 Å². The minimum atomic E-state index is -0.206. The second-order valence-electron chi connectivity index (χ2n) is 5.45. The number of rotatable bonds is 2. The first-order valence-electron chi connectivity index (χ1n) is 6.67. The topological polar surface area (TPSA) is 27.7 Å². The Hall–Kier alpha value is -1.06. The van der Waals surface area contributed by atoms with Crippen molar-refractivity contribution in [2.45, 2.75) is 32.2 Å². The Morgan fingerprint density at radius 1 is 1.17 bits per heavy atom. The normalized spacial score (nSPS) is 35.2. The van der Waals surface area contributed by atoms with Crippen LogP contribution in [0.25, 0.3) is 0 Å². The lowest BCUT2D eigenvalue weighted by atomic mass is 10.0. The summed E-state index contributed by atoms with van der Waals surface area (Å²) in [5.41, 5.74) is 1.08. The third-order valence-electron chi connectivity index (χ3n) is 4.01. The maximum Gasteiger partial charge on any atom is 0.184 e. The van der Waals surface area contributed by atoms with Crippen molar-refractivity contribution >= 4 is 0 Å². The standard InChI is InChI=1S/C15H20O3/c1-10-7-12-9-17-15(18-14(12)8-10)11-3-5-13(16-2)6-4-11/h3-6,10,12,14-15H,7-9H2,1-2H3/t10-,12+,14+,15?/m1/s1. The molecule has 3 nitrogen and oxygen atoms in total. The molecule has 0 spiro atoms. The molecule has 18 heavy (non-hydrogen) atoms. The molecule has 0 bridgehead atoms. The predicted molar refractivity (Wildman–Crippen MR) is 68.4 cm³/mol. The van der Waals surface area contributed by atoms with Gasteiger partial charge in [0.15, 0.2) is 6.29 Å². The molecular weight excluding hydrogens is 228 g/mol. The highest BCUT2D eigenvalue weighted by atomic mass is 16.7. The summed E-state index contributed by atoms with van der Waals surface area (Å²) in [6.07, 6.45) is 2.57. The van der Waals surface area contributed by atoms with Gasteiger partial charge >= 0.3 is 0 Å². The molecule has 1 aliphatic carbocycles. The van der Waals surface area contributed by atoms with Crippen molar-refractivity contribution in [3.8, 4) is 5.75 Å². The van der Waals surface area contributed by atoms with Gasteiger partial charge in [-0.1, -0.05) is 19.1 Å². The molecule has 0 N–H and O–H groups in total. The highest BCUT2D eigenvalue weighted by Crippen LogP contribution is 2.40. The molecule has 3 rings (SSSR count). The van der Waals surface area contributed by atoms with Gasteiger partial charge in [-0.05, 0) is 30.9 Å². The summed E-state index contributed by atoms with van der Waals surface area (Å²) < 4.78 is 17.1. The van der Waals surface area contributed by atoms with Gasteiger partial charge in [0.25, 0.3) is 0 Å². The van der Waals surface area contributed by atoms with Gasteiger partial charge in [0.05, 0.1) is 19.8 Å². The van der Waals surface area contributed by atoms with E-state index in [1.54, 1.807) is 7.11 Å². The second kappa shape index (κ2) is 4.90. The van der Waals surface area contributed by atoms with Crippen molar-refractivity contribution in [3.05, 3.63) is 29.8 Å². The Kier molecular flexibility index (Phi) is 3.27. The van der Waals surface area contributed by atoms with Crippen LogP contribution in [-0.2, 0) is 9.47 Å². The summed E-state index contributed by atoms with van der Waals surface area (Å²) in [6, 6.07) is 7.93. The van der Waals surface area contributed by atoms with E-state index in [-0.39, 0.29) is 6.29 Å². The minimum absolute atomic E-state index is 0.206. The van der Waals surface area contributed by atoms with Gasteiger partial charge in [0.1, 0.15) is 5.75 Å². The fourth-order valence-corrected chi connectivity index (χ4v) is 3.04.